The van der Waals surface area contributed by atoms with Crippen molar-refractivity contribution >= 4 is 0 Å². The number of alkyl halides is 2. The fourth-order valence-electron chi connectivity index (χ4n) is 1.17. The van der Waals surface area contributed by atoms with Crippen LogP contribution in [0.15, 0.2) is 47.1 Å². The highest BCUT2D eigenvalue weighted by molar-refractivity contribution is 5.27. The molecule has 0 spiro atoms. The van der Waals surface area contributed by atoms with Crippen LogP contribution in [0.2, 0.25) is 0 Å². The maximum atomic E-state index is 13.6. The SMILES string of the molecule is FC(F)(c1ccccc1)c1ccno1. The van der Waals surface area contributed by atoms with Crippen molar-refractivity contribution in [3.05, 3.63) is 53.9 Å². The van der Waals surface area contributed by atoms with Crippen molar-refractivity contribution in [3.8, 4) is 0 Å². The van der Waals surface area contributed by atoms with Gasteiger partial charge < -0.3 is 4.52 Å². The first-order valence-corrected chi connectivity index (χ1v) is 4.06. The summed E-state index contributed by atoms with van der Waals surface area (Å²) in [5.41, 5.74) is -0.100. The summed E-state index contributed by atoms with van der Waals surface area (Å²) in [7, 11) is 0. The van der Waals surface area contributed by atoms with E-state index in [1.807, 2.05) is 0 Å². The highest BCUT2D eigenvalue weighted by Crippen LogP contribution is 2.34. The minimum absolute atomic E-state index is 0.100. The van der Waals surface area contributed by atoms with E-state index in [4.69, 9.17) is 0 Å². The Morgan fingerprint density at radius 1 is 1.07 bits per heavy atom. The second-order valence-electron chi connectivity index (χ2n) is 2.82. The van der Waals surface area contributed by atoms with Gasteiger partial charge in [0.25, 0.3) is 0 Å². The molecule has 2 nitrogen and oxygen atoms in total. The van der Waals surface area contributed by atoms with Crippen LogP contribution >= 0.6 is 0 Å². The van der Waals surface area contributed by atoms with E-state index >= 15 is 0 Å². The Morgan fingerprint density at radius 2 is 1.79 bits per heavy atom. The number of hydrogen-bond donors (Lipinski definition) is 0. The molecule has 0 bridgehead atoms. The number of nitrogens with zero attached hydrogens (tertiary/aromatic N) is 1. The molecule has 0 saturated heterocycles. The minimum atomic E-state index is -3.11. The van der Waals surface area contributed by atoms with E-state index < -0.39 is 11.7 Å². The van der Waals surface area contributed by atoms with Crippen LogP contribution in [0.4, 0.5) is 8.78 Å². The van der Waals surface area contributed by atoms with E-state index in [2.05, 4.69) is 9.68 Å². The summed E-state index contributed by atoms with van der Waals surface area (Å²) in [6, 6.07) is 8.65. The molecule has 1 aromatic carbocycles. The standard InChI is InChI=1S/C10H7F2NO/c11-10(12,9-6-7-13-14-9)8-4-2-1-3-5-8/h1-7H. The zero-order chi connectivity index (χ0) is 10.0. The van der Waals surface area contributed by atoms with Crippen LogP contribution in [0.3, 0.4) is 0 Å². The molecule has 1 aromatic heterocycles. The van der Waals surface area contributed by atoms with Crippen molar-refractivity contribution in [3.63, 3.8) is 0 Å². The van der Waals surface area contributed by atoms with Gasteiger partial charge in [-0.05, 0) is 0 Å². The second kappa shape index (κ2) is 3.21. The Kier molecular flexibility index (Phi) is 2.04. The van der Waals surface area contributed by atoms with Crippen molar-refractivity contribution in [1.82, 2.24) is 5.16 Å². The summed E-state index contributed by atoms with van der Waals surface area (Å²) in [6.07, 6.45) is 1.20. The Bertz CT molecular complexity index is 397. The molecule has 0 radical (unpaired) electrons. The average molecular weight is 195 g/mol. The molecule has 0 fully saturated rings. The highest BCUT2D eigenvalue weighted by atomic mass is 19.3. The fourth-order valence-corrected chi connectivity index (χ4v) is 1.17. The molecule has 1 heterocycles. The quantitative estimate of drug-likeness (QED) is 0.736. The van der Waals surface area contributed by atoms with Gasteiger partial charge in [-0.15, -0.1) is 0 Å². The first-order valence-electron chi connectivity index (χ1n) is 4.06. The van der Waals surface area contributed by atoms with Gasteiger partial charge in [0.1, 0.15) is 0 Å². The van der Waals surface area contributed by atoms with Gasteiger partial charge in [0.2, 0.25) is 5.76 Å². The molecule has 0 atom stereocenters. The van der Waals surface area contributed by atoms with Gasteiger partial charge in [0, 0.05) is 11.6 Å². The monoisotopic (exact) mass is 195 g/mol. The van der Waals surface area contributed by atoms with E-state index in [9.17, 15) is 8.78 Å². The highest BCUT2D eigenvalue weighted by Gasteiger charge is 2.37. The van der Waals surface area contributed by atoms with Crippen molar-refractivity contribution in [2.24, 2.45) is 0 Å². The van der Waals surface area contributed by atoms with Crippen molar-refractivity contribution in [2.75, 3.05) is 0 Å². The average Bonchev–Trinajstić information content (AvgIpc) is 2.72. The number of hydrogen-bond acceptors (Lipinski definition) is 2. The van der Waals surface area contributed by atoms with E-state index in [-0.39, 0.29) is 5.56 Å². The van der Waals surface area contributed by atoms with Crippen molar-refractivity contribution < 1.29 is 13.3 Å². The molecule has 0 saturated carbocycles. The molecule has 2 aromatic rings. The van der Waals surface area contributed by atoms with E-state index in [1.165, 1.54) is 18.3 Å². The van der Waals surface area contributed by atoms with Crippen LogP contribution in [-0.4, -0.2) is 5.16 Å². The summed E-state index contributed by atoms with van der Waals surface area (Å²) in [4.78, 5) is 0. The first kappa shape index (κ1) is 8.87. The van der Waals surface area contributed by atoms with Crippen LogP contribution in [0.5, 0.6) is 0 Å². The van der Waals surface area contributed by atoms with Gasteiger partial charge in [0.05, 0.1) is 6.20 Å². The van der Waals surface area contributed by atoms with Crippen LogP contribution in [-0.2, 0) is 5.92 Å². The normalized spacial score (nSPS) is 11.6. The Morgan fingerprint density at radius 3 is 2.36 bits per heavy atom. The maximum absolute atomic E-state index is 13.6. The third-order valence-electron chi connectivity index (χ3n) is 1.88. The molecule has 14 heavy (non-hydrogen) atoms. The zero-order valence-corrected chi connectivity index (χ0v) is 7.15. The number of aromatic nitrogens is 1. The van der Waals surface area contributed by atoms with Gasteiger partial charge in [0.15, 0.2) is 0 Å². The fraction of sp³-hybridized carbons (Fsp3) is 0.100. The molecular formula is C10H7F2NO. The van der Waals surface area contributed by atoms with E-state index in [0.717, 1.165) is 6.07 Å². The van der Waals surface area contributed by atoms with Gasteiger partial charge in [-0.3, -0.25) is 0 Å². The topological polar surface area (TPSA) is 26.0 Å². The van der Waals surface area contributed by atoms with Gasteiger partial charge >= 0.3 is 5.92 Å². The lowest BCUT2D eigenvalue weighted by Gasteiger charge is -2.12. The lowest BCUT2D eigenvalue weighted by atomic mass is 10.1. The van der Waals surface area contributed by atoms with E-state index in [0.29, 0.717) is 0 Å². The largest absolute Gasteiger partial charge is 0.355 e. The van der Waals surface area contributed by atoms with Gasteiger partial charge in [-0.2, -0.15) is 8.78 Å². The number of rotatable bonds is 2. The van der Waals surface area contributed by atoms with E-state index in [1.54, 1.807) is 18.2 Å². The van der Waals surface area contributed by atoms with Gasteiger partial charge in [-0.1, -0.05) is 35.5 Å². The summed E-state index contributed by atoms with van der Waals surface area (Å²) >= 11 is 0. The molecule has 0 aliphatic heterocycles. The van der Waals surface area contributed by atoms with Crippen LogP contribution in [0.1, 0.15) is 11.3 Å². The first-order chi connectivity index (χ1) is 6.71. The predicted molar refractivity (Wildman–Crippen MR) is 45.9 cm³/mol. The Hall–Kier alpha value is -1.71. The number of halogens is 2. The number of benzene rings is 1. The summed E-state index contributed by atoms with van der Waals surface area (Å²) < 4.78 is 31.6. The predicted octanol–water partition coefficient (Wildman–Crippen LogP) is 2.81. The molecule has 2 rings (SSSR count). The molecular weight excluding hydrogens is 188 g/mol. The van der Waals surface area contributed by atoms with Crippen molar-refractivity contribution in [1.29, 1.82) is 0 Å². The summed E-state index contributed by atoms with van der Waals surface area (Å²) in [6.45, 7) is 0. The van der Waals surface area contributed by atoms with Crippen molar-refractivity contribution in [2.45, 2.75) is 5.92 Å². The van der Waals surface area contributed by atoms with Gasteiger partial charge in [-0.25, -0.2) is 0 Å². The smallest absolute Gasteiger partial charge is 0.332 e. The second-order valence-corrected chi connectivity index (χ2v) is 2.82. The van der Waals surface area contributed by atoms with Crippen LogP contribution in [0.25, 0.3) is 0 Å². The van der Waals surface area contributed by atoms with Crippen LogP contribution in [0, 0.1) is 0 Å². The summed E-state index contributed by atoms with van der Waals surface area (Å²) in [5, 5.41) is 3.26. The maximum Gasteiger partial charge on any atom is 0.332 e. The van der Waals surface area contributed by atoms with Crippen LogP contribution < -0.4 is 0 Å². The molecule has 4 heteroatoms. The third-order valence-corrected chi connectivity index (χ3v) is 1.88. The third kappa shape index (κ3) is 1.39. The Labute approximate surface area is 79.1 Å². The molecule has 0 aliphatic carbocycles. The lowest BCUT2D eigenvalue weighted by Crippen LogP contribution is -2.13. The molecule has 0 amide bonds. The summed E-state index contributed by atoms with van der Waals surface area (Å²) in [5.74, 6) is -3.55. The zero-order valence-electron chi connectivity index (χ0n) is 7.15. The Balaban J connectivity index is 2.43. The lowest BCUT2D eigenvalue weighted by molar-refractivity contribution is 0.0131. The molecule has 0 aliphatic rings. The molecule has 0 unspecified atom stereocenters. The molecule has 0 N–H and O–H groups in total. The minimum Gasteiger partial charge on any atom is -0.355 e. The molecule has 72 valence electrons.